The molecule has 0 fully saturated rings. The summed E-state index contributed by atoms with van der Waals surface area (Å²) in [6, 6.07) is 1.97. The Hall–Kier alpha value is -1.36. The molecule has 1 aromatic rings. The third kappa shape index (κ3) is 3.10. The quantitative estimate of drug-likeness (QED) is 0.637. The molecule has 0 radical (unpaired) electrons. The molecule has 1 heterocycles. The highest BCUT2D eigenvalue weighted by molar-refractivity contribution is 7.14. The van der Waals surface area contributed by atoms with Crippen molar-refractivity contribution in [2.45, 2.75) is 45.4 Å². The van der Waals surface area contributed by atoms with Crippen molar-refractivity contribution in [1.82, 2.24) is 10.9 Å². The summed E-state index contributed by atoms with van der Waals surface area (Å²) in [4.78, 5) is 24.9. The number of fused-ring (bicyclic) bond motifs is 1. The van der Waals surface area contributed by atoms with Crippen LogP contribution < -0.4 is 10.9 Å². The second kappa shape index (κ2) is 6.00. The number of aryl methyl sites for hydroxylation is 2. The summed E-state index contributed by atoms with van der Waals surface area (Å²) in [5, 5.41) is 0. The second-order valence-corrected chi connectivity index (χ2v) is 5.61. The van der Waals surface area contributed by atoms with Gasteiger partial charge in [-0.2, -0.15) is 0 Å². The highest BCUT2D eigenvalue weighted by Gasteiger charge is 2.16. The molecule has 2 N–H and O–H groups in total. The Morgan fingerprint density at radius 1 is 1.22 bits per heavy atom. The van der Waals surface area contributed by atoms with Crippen LogP contribution in [-0.2, 0) is 17.6 Å². The summed E-state index contributed by atoms with van der Waals surface area (Å²) in [5.41, 5.74) is 6.15. The lowest BCUT2D eigenvalue weighted by atomic mass is 10.1. The van der Waals surface area contributed by atoms with E-state index < -0.39 is 0 Å². The first kappa shape index (κ1) is 13.1. The van der Waals surface area contributed by atoms with Gasteiger partial charge in [-0.1, -0.05) is 13.3 Å². The normalized spacial score (nSPS) is 14.5. The molecule has 0 bridgehead atoms. The lowest BCUT2D eigenvalue weighted by Gasteiger charge is -2.03. The van der Waals surface area contributed by atoms with E-state index >= 15 is 0 Å². The van der Waals surface area contributed by atoms with E-state index in [-0.39, 0.29) is 11.8 Å². The van der Waals surface area contributed by atoms with Crippen molar-refractivity contribution in [3.8, 4) is 0 Å². The van der Waals surface area contributed by atoms with Crippen LogP contribution >= 0.6 is 11.3 Å². The molecule has 1 aromatic heterocycles. The SMILES string of the molecule is CCC(=O)NNC(=O)c1cc2c(s1)CCCCC2. The van der Waals surface area contributed by atoms with E-state index in [1.165, 1.54) is 29.7 Å². The van der Waals surface area contributed by atoms with E-state index in [9.17, 15) is 9.59 Å². The average Bonchev–Trinajstić information content (AvgIpc) is 2.67. The van der Waals surface area contributed by atoms with Crippen LogP contribution in [0.1, 0.15) is 52.7 Å². The molecule has 1 aliphatic rings. The molecule has 18 heavy (non-hydrogen) atoms. The van der Waals surface area contributed by atoms with Crippen LogP contribution in [0.15, 0.2) is 6.07 Å². The number of carbonyl (C=O) groups excluding carboxylic acids is 2. The standard InChI is InChI=1S/C13H18N2O2S/c1-2-12(16)14-15-13(17)11-8-9-6-4-3-5-7-10(9)18-11/h8H,2-7H2,1H3,(H,14,16)(H,15,17). The Bertz CT molecular complexity index is 430. The van der Waals surface area contributed by atoms with Crippen LogP contribution in [0.5, 0.6) is 0 Å². The minimum atomic E-state index is -0.213. The molecule has 5 heteroatoms. The number of hydrazine groups is 1. The highest BCUT2D eigenvalue weighted by atomic mass is 32.1. The molecule has 0 atom stereocenters. The topological polar surface area (TPSA) is 58.2 Å². The Morgan fingerprint density at radius 2 is 2.00 bits per heavy atom. The zero-order valence-electron chi connectivity index (χ0n) is 10.5. The molecule has 2 rings (SSSR count). The van der Waals surface area contributed by atoms with Gasteiger partial charge in [-0.25, -0.2) is 0 Å². The molecular weight excluding hydrogens is 248 g/mol. The average molecular weight is 266 g/mol. The summed E-state index contributed by atoms with van der Waals surface area (Å²) in [5.74, 6) is -0.392. The Kier molecular flexibility index (Phi) is 4.36. The van der Waals surface area contributed by atoms with Gasteiger partial charge < -0.3 is 0 Å². The van der Waals surface area contributed by atoms with Crippen LogP contribution in [0, 0.1) is 0 Å². The third-order valence-electron chi connectivity index (χ3n) is 3.11. The van der Waals surface area contributed by atoms with Crippen LogP contribution in [-0.4, -0.2) is 11.8 Å². The minimum Gasteiger partial charge on any atom is -0.273 e. The zero-order chi connectivity index (χ0) is 13.0. The summed E-state index contributed by atoms with van der Waals surface area (Å²) in [6.07, 6.45) is 6.20. The number of hydrogen-bond donors (Lipinski definition) is 2. The van der Waals surface area contributed by atoms with Crippen LogP contribution in [0.2, 0.25) is 0 Å². The van der Waals surface area contributed by atoms with E-state index in [1.807, 2.05) is 6.07 Å². The molecule has 2 amide bonds. The van der Waals surface area contributed by atoms with Gasteiger partial charge in [0.15, 0.2) is 0 Å². The van der Waals surface area contributed by atoms with Crippen LogP contribution in [0.3, 0.4) is 0 Å². The number of nitrogens with one attached hydrogen (secondary N) is 2. The van der Waals surface area contributed by atoms with Crippen molar-refractivity contribution in [2.24, 2.45) is 0 Å². The molecule has 0 aliphatic heterocycles. The van der Waals surface area contributed by atoms with E-state index in [1.54, 1.807) is 18.3 Å². The smallest absolute Gasteiger partial charge is 0.273 e. The third-order valence-corrected chi connectivity index (χ3v) is 4.34. The zero-order valence-corrected chi connectivity index (χ0v) is 11.4. The van der Waals surface area contributed by atoms with Gasteiger partial charge in [-0.3, -0.25) is 20.4 Å². The van der Waals surface area contributed by atoms with Gasteiger partial charge >= 0.3 is 0 Å². The molecule has 0 unspecified atom stereocenters. The molecule has 4 nitrogen and oxygen atoms in total. The fourth-order valence-electron chi connectivity index (χ4n) is 2.06. The van der Waals surface area contributed by atoms with Crippen molar-refractivity contribution in [2.75, 3.05) is 0 Å². The van der Waals surface area contributed by atoms with Gasteiger partial charge in [0.2, 0.25) is 5.91 Å². The van der Waals surface area contributed by atoms with Crippen LogP contribution in [0.4, 0.5) is 0 Å². The summed E-state index contributed by atoms with van der Waals surface area (Å²) in [6.45, 7) is 1.74. The van der Waals surface area contributed by atoms with E-state index in [2.05, 4.69) is 10.9 Å². The van der Waals surface area contributed by atoms with Crippen molar-refractivity contribution >= 4 is 23.2 Å². The molecular formula is C13H18N2O2S. The van der Waals surface area contributed by atoms with Crippen molar-refractivity contribution in [1.29, 1.82) is 0 Å². The molecule has 98 valence electrons. The van der Waals surface area contributed by atoms with Gasteiger partial charge in [0, 0.05) is 11.3 Å². The van der Waals surface area contributed by atoms with Crippen molar-refractivity contribution in [3.05, 3.63) is 21.4 Å². The summed E-state index contributed by atoms with van der Waals surface area (Å²) < 4.78 is 0. The maximum Gasteiger partial charge on any atom is 0.279 e. The number of carbonyl (C=O) groups is 2. The number of rotatable bonds is 2. The number of thiophene rings is 1. The van der Waals surface area contributed by atoms with Crippen LogP contribution in [0.25, 0.3) is 0 Å². The lowest BCUT2D eigenvalue weighted by molar-refractivity contribution is -0.121. The van der Waals surface area contributed by atoms with Crippen molar-refractivity contribution in [3.63, 3.8) is 0 Å². The first-order valence-corrected chi connectivity index (χ1v) is 7.23. The Labute approximate surface area is 111 Å². The predicted octanol–water partition coefficient (Wildman–Crippen LogP) is 2.19. The second-order valence-electron chi connectivity index (χ2n) is 4.48. The number of hydrogen-bond acceptors (Lipinski definition) is 3. The van der Waals surface area contributed by atoms with Gasteiger partial charge in [-0.15, -0.1) is 11.3 Å². The van der Waals surface area contributed by atoms with E-state index in [0.717, 1.165) is 12.8 Å². The molecule has 0 spiro atoms. The molecule has 0 saturated carbocycles. The highest BCUT2D eigenvalue weighted by Crippen LogP contribution is 2.28. The first-order chi connectivity index (χ1) is 8.70. The molecule has 0 saturated heterocycles. The van der Waals surface area contributed by atoms with Crippen molar-refractivity contribution < 1.29 is 9.59 Å². The molecule has 0 aromatic carbocycles. The largest absolute Gasteiger partial charge is 0.279 e. The molecule has 1 aliphatic carbocycles. The van der Waals surface area contributed by atoms with Gasteiger partial charge in [0.25, 0.3) is 5.91 Å². The number of amides is 2. The maximum atomic E-state index is 11.9. The lowest BCUT2D eigenvalue weighted by Crippen LogP contribution is -2.40. The van der Waals surface area contributed by atoms with Gasteiger partial charge in [-0.05, 0) is 37.3 Å². The van der Waals surface area contributed by atoms with E-state index in [0.29, 0.717) is 11.3 Å². The Morgan fingerprint density at radius 3 is 2.78 bits per heavy atom. The summed E-state index contributed by atoms with van der Waals surface area (Å²) in [7, 11) is 0. The van der Waals surface area contributed by atoms with Gasteiger partial charge in [0.05, 0.1) is 4.88 Å². The predicted molar refractivity (Wildman–Crippen MR) is 71.5 cm³/mol. The Balaban J connectivity index is 2.00. The monoisotopic (exact) mass is 266 g/mol. The summed E-state index contributed by atoms with van der Waals surface area (Å²) >= 11 is 1.55. The fourth-order valence-corrected chi connectivity index (χ4v) is 3.20. The minimum absolute atomic E-state index is 0.179. The first-order valence-electron chi connectivity index (χ1n) is 6.41. The van der Waals surface area contributed by atoms with Gasteiger partial charge in [0.1, 0.15) is 0 Å². The van der Waals surface area contributed by atoms with E-state index in [4.69, 9.17) is 0 Å². The maximum absolute atomic E-state index is 11.9. The fraction of sp³-hybridized carbons (Fsp3) is 0.538.